The normalized spacial score (nSPS) is 9.33. The summed E-state index contributed by atoms with van der Waals surface area (Å²) in [6, 6.07) is 0. The van der Waals surface area contributed by atoms with Gasteiger partial charge >= 0.3 is 85.3 Å². The Balaban J connectivity index is -0.0000000249. The molecule has 0 aromatic rings. The van der Waals surface area contributed by atoms with Crippen LogP contribution in [0.5, 0.6) is 0 Å². The third kappa shape index (κ3) is 96.3. The summed E-state index contributed by atoms with van der Waals surface area (Å²) in [5, 5.41) is 12.5. The summed E-state index contributed by atoms with van der Waals surface area (Å²) in [6.07, 6.45) is 0. The molecule has 16 nitrogen and oxygen atoms in total. The predicted molar refractivity (Wildman–Crippen MR) is 42.5 cm³/mol. The van der Waals surface area contributed by atoms with E-state index in [2.05, 4.69) is 8.62 Å². The van der Waals surface area contributed by atoms with E-state index in [-0.39, 0.29) is 85.3 Å². The molecule has 0 aliphatic heterocycles. The summed E-state index contributed by atoms with van der Waals surface area (Å²) in [5.74, 6) is 0. The third-order valence-corrected chi connectivity index (χ3v) is 3.60. The van der Waals surface area contributed by atoms with Gasteiger partial charge in [0.1, 0.15) is 0 Å². The number of rotatable bonds is 4. The van der Waals surface area contributed by atoms with E-state index in [1.165, 1.54) is 0 Å². The molecule has 5 radical (unpaired) electrons. The van der Waals surface area contributed by atoms with Crippen molar-refractivity contribution in [3.63, 3.8) is 0 Å². The average molecular weight is 718 g/mol. The standard InChI is InChI=1S/2CN.5Cu.2H4O7P2/c2*1-2;;;;;;2*1-8(2,3)7-9(4,5)6/h;;;;;;;2*(H2,1,2,3)(H2,4,5,6)/q2*-1;5*+2;;/p-8. The van der Waals surface area contributed by atoms with Crippen molar-refractivity contribution in [3.8, 4) is 0 Å². The molecule has 25 heteroatoms. The molecule has 0 atom stereocenters. The first-order valence-electron chi connectivity index (χ1n) is 3.37. The molecule has 177 valence electrons. The molecule has 0 amide bonds. The van der Waals surface area contributed by atoms with Crippen molar-refractivity contribution in [1.82, 2.24) is 0 Å². The monoisotopic (exact) mass is 714 g/mol. The zero-order chi connectivity index (χ0) is 19.4. The molecule has 0 bridgehead atoms. The van der Waals surface area contributed by atoms with Crippen LogP contribution >= 0.6 is 31.3 Å². The minimum absolute atomic E-state index is 0. The summed E-state index contributed by atoms with van der Waals surface area (Å²) in [6.45, 7) is 9.50. The molecule has 0 saturated carbocycles. The Bertz CT molecular complexity index is 442. The number of hydrogen-bond acceptors (Lipinski definition) is 16. The number of nitrogens with zero attached hydrogens (tertiary/aromatic N) is 2. The largest absolute Gasteiger partial charge is 2.00 e. The quantitative estimate of drug-likeness (QED) is 0.148. The smallest absolute Gasteiger partial charge is 0.790 e. The Morgan fingerprint density at radius 3 is 0.519 bits per heavy atom. The maximum atomic E-state index is 9.32. The van der Waals surface area contributed by atoms with Crippen LogP contribution in [0.2, 0.25) is 0 Å². The van der Waals surface area contributed by atoms with Crippen molar-refractivity contribution in [2.24, 2.45) is 0 Å². The molecular formula is C2Cu5N2O14P4. The fourth-order valence-corrected chi connectivity index (χ4v) is 2.20. The molecule has 0 unspecified atom stereocenters. The molecule has 0 fully saturated rings. The van der Waals surface area contributed by atoms with Crippen LogP contribution in [0.1, 0.15) is 0 Å². The van der Waals surface area contributed by atoms with Gasteiger partial charge in [-0.3, -0.25) is 0 Å². The maximum Gasteiger partial charge on any atom is 2.00 e. The van der Waals surface area contributed by atoms with Crippen LogP contribution in [0.25, 0.3) is 0 Å². The van der Waals surface area contributed by atoms with E-state index in [0.29, 0.717) is 0 Å². The number of phosphoric acid groups is 4. The van der Waals surface area contributed by atoms with E-state index in [0.717, 1.165) is 0 Å². The molecule has 0 aliphatic carbocycles. The Morgan fingerprint density at radius 2 is 0.519 bits per heavy atom. The second kappa shape index (κ2) is 26.1. The van der Waals surface area contributed by atoms with Gasteiger partial charge in [-0.2, -0.15) is 0 Å². The van der Waals surface area contributed by atoms with E-state index in [1.54, 1.807) is 0 Å². The van der Waals surface area contributed by atoms with Crippen molar-refractivity contribution < 1.29 is 151 Å². The van der Waals surface area contributed by atoms with Crippen LogP contribution in [0.4, 0.5) is 0 Å². The molecular weight excluding hydrogens is 718 g/mol. The summed E-state index contributed by atoms with van der Waals surface area (Å²) >= 11 is 0. The third-order valence-electron chi connectivity index (χ3n) is 0.400. The predicted octanol–water partition coefficient (Wildman–Crippen LogP) is -6.50. The first-order valence-corrected chi connectivity index (χ1v) is 9.21. The fourth-order valence-electron chi connectivity index (χ4n) is 0.245. The van der Waals surface area contributed by atoms with Crippen LogP contribution < -0.4 is 39.1 Å². The zero-order valence-electron chi connectivity index (χ0n) is 10.9. The molecule has 0 saturated heterocycles. The molecule has 0 N–H and O–H groups in total. The van der Waals surface area contributed by atoms with Gasteiger partial charge in [0.25, 0.3) is 0 Å². The first-order chi connectivity index (χ1) is 9.41. The molecule has 0 aromatic heterocycles. The minimum atomic E-state index is -5.68. The summed E-state index contributed by atoms with van der Waals surface area (Å²) in [4.78, 5) is 74.6. The SMILES string of the molecule is O=P([O-])([O-])OP(=O)([O-])[O-].O=P([O-])([O-])OP(=O)([O-])[O-].[C-]#N.[C-]#N.[Cu+2].[Cu+2].[Cu+2].[Cu+2].[Cu+2]. The summed E-state index contributed by atoms with van der Waals surface area (Å²) in [5.41, 5.74) is 0. The maximum absolute atomic E-state index is 9.32. The van der Waals surface area contributed by atoms with Gasteiger partial charge in [0.2, 0.25) is 0 Å². The van der Waals surface area contributed by atoms with Crippen LogP contribution in [-0.2, 0) is 112 Å². The molecule has 0 heterocycles. The van der Waals surface area contributed by atoms with E-state index in [1.807, 2.05) is 0 Å². The van der Waals surface area contributed by atoms with Gasteiger partial charge in [-0.25, -0.2) is 0 Å². The van der Waals surface area contributed by atoms with Gasteiger partial charge in [0, 0.05) is 0 Å². The van der Waals surface area contributed by atoms with Crippen molar-refractivity contribution in [2.75, 3.05) is 0 Å². The Morgan fingerprint density at radius 1 is 0.444 bits per heavy atom. The fraction of sp³-hybridized carbons (Fsp3) is 0. The van der Waals surface area contributed by atoms with Gasteiger partial charge in [0.05, 0.1) is 31.3 Å². The van der Waals surface area contributed by atoms with Gasteiger partial charge in [-0.05, 0) is 0 Å². The summed E-state index contributed by atoms with van der Waals surface area (Å²) < 4.78 is 42.3. The van der Waals surface area contributed by atoms with Gasteiger partial charge < -0.3 is 89.7 Å². The van der Waals surface area contributed by atoms with Gasteiger partial charge in [0.15, 0.2) is 0 Å². The van der Waals surface area contributed by atoms with Crippen LogP contribution in [0.3, 0.4) is 0 Å². The van der Waals surface area contributed by atoms with Crippen molar-refractivity contribution >= 4 is 31.3 Å². The average Bonchev–Trinajstić information content (AvgIpc) is 2.13. The summed E-state index contributed by atoms with van der Waals surface area (Å²) in [7, 11) is -22.7. The van der Waals surface area contributed by atoms with Gasteiger partial charge in [-0.1, -0.05) is 0 Å². The second-order valence-electron chi connectivity index (χ2n) is 1.95. The number of hydrogen-bond donors (Lipinski definition) is 0. The Kier molecular flexibility index (Phi) is 55.0. The zero-order valence-corrected chi connectivity index (χ0v) is 19.2. The Hall–Kier alpha value is 2.10. The van der Waals surface area contributed by atoms with E-state index in [4.69, 9.17) is 23.7 Å². The van der Waals surface area contributed by atoms with Crippen molar-refractivity contribution in [3.05, 3.63) is 13.1 Å². The van der Waals surface area contributed by atoms with Crippen molar-refractivity contribution in [2.45, 2.75) is 0 Å². The molecule has 27 heavy (non-hydrogen) atoms. The Labute approximate surface area is 205 Å². The van der Waals surface area contributed by atoms with Gasteiger partial charge in [-0.15, -0.1) is 0 Å². The van der Waals surface area contributed by atoms with Crippen LogP contribution in [0, 0.1) is 23.7 Å². The van der Waals surface area contributed by atoms with Crippen LogP contribution in [-0.4, -0.2) is 0 Å². The molecule has 0 aliphatic rings. The van der Waals surface area contributed by atoms with E-state index in [9.17, 15) is 57.4 Å². The molecule has 0 rings (SSSR count). The molecule has 0 spiro atoms. The topological polar surface area (TPSA) is 319 Å². The van der Waals surface area contributed by atoms with Crippen molar-refractivity contribution in [1.29, 1.82) is 10.5 Å². The second-order valence-corrected chi connectivity index (χ2v) is 6.84. The molecule has 0 aromatic carbocycles. The van der Waals surface area contributed by atoms with E-state index >= 15 is 0 Å². The van der Waals surface area contributed by atoms with E-state index < -0.39 is 31.3 Å². The first kappa shape index (κ1) is 56.9. The minimum Gasteiger partial charge on any atom is -0.790 e. The van der Waals surface area contributed by atoms with Crippen LogP contribution in [0.15, 0.2) is 0 Å².